The summed E-state index contributed by atoms with van der Waals surface area (Å²) in [5.41, 5.74) is 1.98. The molecule has 3 heteroatoms. The van der Waals surface area contributed by atoms with Crippen molar-refractivity contribution in [3.63, 3.8) is 0 Å². The number of hydrogen-bond acceptors (Lipinski definition) is 2. The van der Waals surface area contributed by atoms with Gasteiger partial charge in [0, 0.05) is 13.3 Å². The van der Waals surface area contributed by atoms with E-state index in [-0.39, 0.29) is 11.8 Å². The van der Waals surface area contributed by atoms with Gasteiger partial charge in [0.2, 0.25) is 0 Å². The van der Waals surface area contributed by atoms with Gasteiger partial charge in [0.25, 0.3) is 0 Å². The molecule has 0 bridgehead atoms. The van der Waals surface area contributed by atoms with Gasteiger partial charge >= 0.3 is 0 Å². The predicted octanol–water partition coefficient (Wildman–Crippen LogP) is 2.70. The fraction of sp³-hybridized carbons (Fsp3) is 0.462. The van der Waals surface area contributed by atoms with E-state index < -0.39 is 0 Å². The summed E-state index contributed by atoms with van der Waals surface area (Å²) in [7, 11) is 0. The maximum atomic E-state index is 11.6. The van der Waals surface area contributed by atoms with Gasteiger partial charge in [0.15, 0.2) is 11.8 Å². The van der Waals surface area contributed by atoms with E-state index in [9.17, 15) is 5.21 Å². The van der Waals surface area contributed by atoms with Crippen LogP contribution in [0.3, 0.4) is 0 Å². The van der Waals surface area contributed by atoms with Gasteiger partial charge in [0.1, 0.15) is 5.75 Å². The summed E-state index contributed by atoms with van der Waals surface area (Å²) < 4.78 is 1.06. The van der Waals surface area contributed by atoms with Gasteiger partial charge in [-0.05, 0) is 38.0 Å². The van der Waals surface area contributed by atoms with Gasteiger partial charge in [0.05, 0.1) is 0 Å². The Hall–Kier alpha value is -1.51. The lowest BCUT2D eigenvalue weighted by Crippen LogP contribution is -2.20. The Morgan fingerprint density at radius 3 is 2.38 bits per heavy atom. The molecule has 88 valence electrons. The van der Waals surface area contributed by atoms with Gasteiger partial charge in [-0.2, -0.15) is 0 Å². The van der Waals surface area contributed by atoms with Crippen LogP contribution in [0.25, 0.3) is 0 Å². The first kappa shape index (κ1) is 12.6. The normalized spacial score (nSPS) is 12.8. The molecule has 0 spiro atoms. The molecule has 0 saturated heterocycles. The Labute approximate surface area is 96.6 Å². The molecule has 0 aliphatic carbocycles. The molecule has 0 saturated carbocycles. The smallest absolute Gasteiger partial charge is 0.160 e. The molecule has 1 aromatic rings. The minimum Gasteiger partial charge on any atom is -0.624 e. The molecule has 0 heterocycles. The van der Waals surface area contributed by atoms with Crippen LogP contribution in [0, 0.1) is 5.21 Å². The van der Waals surface area contributed by atoms with Crippen LogP contribution in [-0.2, 0) is 6.42 Å². The van der Waals surface area contributed by atoms with Gasteiger partial charge in [-0.1, -0.05) is 12.1 Å². The Bertz CT molecular complexity index is 366. The summed E-state index contributed by atoms with van der Waals surface area (Å²) >= 11 is 0. The SMILES string of the molecule is C/C(CCc1ccc(O)cc1)=[N+](/[O-])C(C)C. The number of hydrogen-bond donors (Lipinski definition) is 1. The first-order valence-electron chi connectivity index (χ1n) is 5.57. The molecule has 1 aromatic carbocycles. The van der Waals surface area contributed by atoms with Crippen molar-refractivity contribution in [1.29, 1.82) is 0 Å². The second kappa shape index (κ2) is 5.54. The summed E-state index contributed by atoms with van der Waals surface area (Å²) in [5, 5.41) is 20.7. The zero-order valence-electron chi connectivity index (χ0n) is 10.1. The van der Waals surface area contributed by atoms with Crippen molar-refractivity contribution < 1.29 is 9.85 Å². The van der Waals surface area contributed by atoms with Gasteiger partial charge in [-0.25, -0.2) is 4.74 Å². The van der Waals surface area contributed by atoms with Crippen molar-refractivity contribution in [3.05, 3.63) is 35.0 Å². The highest BCUT2D eigenvalue weighted by Crippen LogP contribution is 2.11. The maximum absolute atomic E-state index is 11.6. The second-order valence-electron chi connectivity index (χ2n) is 4.32. The molecule has 0 aliphatic heterocycles. The van der Waals surface area contributed by atoms with Gasteiger partial charge in [-0.3, -0.25) is 0 Å². The Morgan fingerprint density at radius 2 is 1.88 bits per heavy atom. The lowest BCUT2D eigenvalue weighted by Gasteiger charge is -2.11. The third kappa shape index (κ3) is 3.57. The average molecular weight is 221 g/mol. The summed E-state index contributed by atoms with van der Waals surface area (Å²) in [5.74, 6) is 0.275. The number of benzene rings is 1. The van der Waals surface area contributed by atoms with Crippen LogP contribution in [0.1, 0.15) is 32.8 Å². The van der Waals surface area contributed by atoms with E-state index in [1.807, 2.05) is 32.9 Å². The summed E-state index contributed by atoms with van der Waals surface area (Å²) in [6.07, 6.45) is 1.59. The molecule has 0 atom stereocenters. The quantitative estimate of drug-likeness (QED) is 0.368. The first-order chi connectivity index (χ1) is 7.50. The Kier molecular flexibility index (Phi) is 4.35. The van der Waals surface area contributed by atoms with E-state index in [2.05, 4.69) is 0 Å². The Morgan fingerprint density at radius 1 is 1.31 bits per heavy atom. The van der Waals surface area contributed by atoms with Crippen molar-refractivity contribution >= 4 is 5.71 Å². The number of phenols is 1. The molecular weight excluding hydrogens is 202 g/mol. The average Bonchev–Trinajstić information content (AvgIpc) is 2.26. The predicted molar refractivity (Wildman–Crippen MR) is 65.9 cm³/mol. The highest BCUT2D eigenvalue weighted by Gasteiger charge is 2.07. The van der Waals surface area contributed by atoms with Crippen molar-refractivity contribution in [1.82, 2.24) is 0 Å². The molecule has 0 radical (unpaired) electrons. The molecule has 1 rings (SSSR count). The molecule has 0 aromatic heterocycles. The van der Waals surface area contributed by atoms with Gasteiger partial charge < -0.3 is 10.3 Å². The van der Waals surface area contributed by atoms with Crippen LogP contribution >= 0.6 is 0 Å². The van der Waals surface area contributed by atoms with Crippen molar-refractivity contribution in [3.8, 4) is 5.75 Å². The molecule has 0 amide bonds. The number of rotatable bonds is 4. The largest absolute Gasteiger partial charge is 0.624 e. The second-order valence-corrected chi connectivity index (χ2v) is 4.32. The number of nitrogens with zero attached hydrogens (tertiary/aromatic N) is 1. The molecule has 16 heavy (non-hydrogen) atoms. The zero-order valence-corrected chi connectivity index (χ0v) is 10.1. The zero-order chi connectivity index (χ0) is 12.1. The minimum absolute atomic E-state index is 0.000169. The lowest BCUT2D eigenvalue weighted by atomic mass is 10.1. The van der Waals surface area contributed by atoms with E-state index in [4.69, 9.17) is 5.11 Å². The maximum Gasteiger partial charge on any atom is 0.160 e. The van der Waals surface area contributed by atoms with Crippen LogP contribution < -0.4 is 0 Å². The van der Waals surface area contributed by atoms with Crippen molar-refractivity contribution in [2.24, 2.45) is 0 Å². The summed E-state index contributed by atoms with van der Waals surface area (Å²) in [6.45, 7) is 5.64. The van der Waals surface area contributed by atoms with Crippen LogP contribution in [0.4, 0.5) is 0 Å². The molecular formula is C13H19NO2. The summed E-state index contributed by atoms with van der Waals surface area (Å²) in [6, 6.07) is 7.10. The van der Waals surface area contributed by atoms with Crippen LogP contribution in [0.5, 0.6) is 5.75 Å². The third-order valence-electron chi connectivity index (χ3n) is 2.56. The van der Waals surface area contributed by atoms with E-state index in [0.717, 1.165) is 28.9 Å². The number of hydroxylamine groups is 1. The standard InChI is InChI=1S/C13H19NO2/c1-10(2)14(16)11(3)4-5-12-6-8-13(15)9-7-12/h6-10,15H,4-5H2,1-3H3/b14-11-. The fourth-order valence-electron chi connectivity index (χ4n) is 1.54. The molecule has 0 unspecified atom stereocenters. The Balaban J connectivity index is 2.58. The number of aromatic hydroxyl groups is 1. The monoisotopic (exact) mass is 221 g/mol. The van der Waals surface area contributed by atoms with E-state index >= 15 is 0 Å². The number of aryl methyl sites for hydroxylation is 1. The highest BCUT2D eigenvalue weighted by atomic mass is 16.5. The molecule has 3 nitrogen and oxygen atoms in total. The van der Waals surface area contributed by atoms with Crippen molar-refractivity contribution in [2.75, 3.05) is 0 Å². The first-order valence-corrected chi connectivity index (χ1v) is 5.57. The van der Waals surface area contributed by atoms with E-state index in [1.54, 1.807) is 12.1 Å². The molecule has 0 aliphatic rings. The lowest BCUT2D eigenvalue weighted by molar-refractivity contribution is -0.493. The number of phenolic OH excluding ortho intramolecular Hbond substituents is 1. The third-order valence-corrected chi connectivity index (χ3v) is 2.56. The van der Waals surface area contributed by atoms with Gasteiger partial charge in [-0.15, -0.1) is 0 Å². The molecule has 0 fully saturated rings. The van der Waals surface area contributed by atoms with Crippen LogP contribution in [0.15, 0.2) is 24.3 Å². The molecule has 1 N–H and O–H groups in total. The van der Waals surface area contributed by atoms with Crippen LogP contribution in [0.2, 0.25) is 0 Å². The fourth-order valence-corrected chi connectivity index (χ4v) is 1.54. The minimum atomic E-state index is -0.000169. The topological polar surface area (TPSA) is 46.3 Å². The summed E-state index contributed by atoms with van der Waals surface area (Å²) in [4.78, 5) is 0. The highest BCUT2D eigenvalue weighted by molar-refractivity contribution is 5.77. The van der Waals surface area contributed by atoms with Crippen LogP contribution in [-0.4, -0.2) is 21.6 Å². The van der Waals surface area contributed by atoms with E-state index in [0.29, 0.717) is 0 Å². The van der Waals surface area contributed by atoms with E-state index in [1.165, 1.54) is 0 Å². The van der Waals surface area contributed by atoms with Crippen molar-refractivity contribution in [2.45, 2.75) is 39.7 Å².